The minimum Gasteiger partial charge on any atom is -0.393 e. The number of benzene rings is 2. The summed E-state index contributed by atoms with van der Waals surface area (Å²) in [4.78, 5) is 12.2. The first-order chi connectivity index (χ1) is 9.00. The molecule has 0 bridgehead atoms. The average molecular weight is 337 g/mol. The normalized spacial score (nSPS) is 12.1. The lowest BCUT2D eigenvalue weighted by Crippen LogP contribution is -2.30. The maximum atomic E-state index is 12.0. The van der Waals surface area contributed by atoms with Crippen LogP contribution in [-0.2, 0) is 4.79 Å². The number of rotatable bonds is 3. The number of halogens is 1. The molecule has 1 amide bonds. The van der Waals surface area contributed by atoms with Gasteiger partial charge in [0.15, 0.2) is 0 Å². The van der Waals surface area contributed by atoms with Crippen LogP contribution >= 0.6 is 28.1 Å². The molecule has 2 aromatic rings. The van der Waals surface area contributed by atoms with E-state index in [4.69, 9.17) is 18.0 Å². The molecule has 1 unspecified atom stereocenters. The highest BCUT2D eigenvalue weighted by Crippen LogP contribution is 2.30. The van der Waals surface area contributed by atoms with E-state index >= 15 is 0 Å². The van der Waals surface area contributed by atoms with Crippen molar-refractivity contribution >= 4 is 55.5 Å². The van der Waals surface area contributed by atoms with Crippen molar-refractivity contribution in [3.63, 3.8) is 0 Å². The second kappa shape index (κ2) is 5.67. The molecule has 1 atom stereocenters. The van der Waals surface area contributed by atoms with Crippen LogP contribution in [0.3, 0.4) is 0 Å². The van der Waals surface area contributed by atoms with Crippen molar-refractivity contribution in [3.05, 3.63) is 40.9 Å². The van der Waals surface area contributed by atoms with E-state index < -0.39 is 5.92 Å². The quantitative estimate of drug-likeness (QED) is 0.844. The zero-order valence-corrected chi connectivity index (χ0v) is 12.7. The molecule has 0 aliphatic carbocycles. The monoisotopic (exact) mass is 336 g/mol. The van der Waals surface area contributed by atoms with Gasteiger partial charge in [0.05, 0.1) is 10.9 Å². The predicted molar refractivity (Wildman–Crippen MR) is 86.2 cm³/mol. The van der Waals surface area contributed by atoms with Crippen LogP contribution in [-0.4, -0.2) is 10.9 Å². The molecule has 98 valence electrons. The third kappa shape index (κ3) is 2.93. The first-order valence-electron chi connectivity index (χ1n) is 5.78. The van der Waals surface area contributed by atoms with Crippen molar-refractivity contribution in [1.29, 1.82) is 0 Å². The van der Waals surface area contributed by atoms with E-state index in [0.717, 1.165) is 20.9 Å². The lowest BCUT2D eigenvalue weighted by atomic mass is 10.1. The third-order valence-corrected chi connectivity index (χ3v) is 3.99. The molecule has 0 aromatic heterocycles. The van der Waals surface area contributed by atoms with Gasteiger partial charge >= 0.3 is 0 Å². The van der Waals surface area contributed by atoms with Crippen molar-refractivity contribution in [2.24, 2.45) is 11.7 Å². The number of nitrogens with one attached hydrogen (secondary N) is 1. The van der Waals surface area contributed by atoms with Gasteiger partial charge in [-0.15, -0.1) is 0 Å². The fourth-order valence-electron chi connectivity index (χ4n) is 1.74. The molecule has 3 N–H and O–H groups in total. The number of carbonyl (C=O) groups is 1. The van der Waals surface area contributed by atoms with E-state index in [1.54, 1.807) is 6.92 Å². The van der Waals surface area contributed by atoms with Gasteiger partial charge in [-0.3, -0.25) is 4.79 Å². The zero-order chi connectivity index (χ0) is 14.0. The number of amides is 1. The van der Waals surface area contributed by atoms with Crippen LogP contribution in [0.1, 0.15) is 6.92 Å². The molecule has 0 fully saturated rings. The number of hydrogen-bond donors (Lipinski definition) is 2. The summed E-state index contributed by atoms with van der Waals surface area (Å²) in [5.74, 6) is -0.683. The summed E-state index contributed by atoms with van der Waals surface area (Å²) in [6, 6.07) is 11.6. The summed E-state index contributed by atoms with van der Waals surface area (Å²) in [5, 5.41) is 4.88. The van der Waals surface area contributed by atoms with E-state index in [2.05, 4.69) is 21.2 Å². The standard InChI is InChI=1S/C14H13BrN2OS/c1-8(13(16)19)14(18)17-12-7-6-11(15)9-4-2-3-5-10(9)12/h2-8H,1H3,(H2,16,19)(H,17,18). The topological polar surface area (TPSA) is 55.1 Å². The van der Waals surface area contributed by atoms with Gasteiger partial charge in [-0.25, -0.2) is 0 Å². The second-order valence-electron chi connectivity index (χ2n) is 4.25. The third-order valence-electron chi connectivity index (χ3n) is 2.95. The Bertz CT molecular complexity index is 657. The van der Waals surface area contributed by atoms with E-state index in [-0.39, 0.29) is 10.9 Å². The van der Waals surface area contributed by atoms with E-state index in [0.29, 0.717) is 0 Å². The van der Waals surface area contributed by atoms with Crippen LogP contribution in [0.2, 0.25) is 0 Å². The van der Waals surface area contributed by atoms with Gasteiger partial charge in [0.2, 0.25) is 5.91 Å². The highest BCUT2D eigenvalue weighted by molar-refractivity contribution is 9.10. The molecule has 19 heavy (non-hydrogen) atoms. The molecule has 0 radical (unpaired) electrons. The fraction of sp³-hybridized carbons (Fsp3) is 0.143. The van der Waals surface area contributed by atoms with E-state index in [1.165, 1.54) is 0 Å². The van der Waals surface area contributed by atoms with Gasteiger partial charge in [-0.2, -0.15) is 0 Å². The lowest BCUT2D eigenvalue weighted by molar-refractivity contribution is -0.117. The van der Waals surface area contributed by atoms with Gasteiger partial charge < -0.3 is 11.1 Å². The highest BCUT2D eigenvalue weighted by atomic mass is 79.9. The Morgan fingerprint density at radius 2 is 1.89 bits per heavy atom. The molecule has 0 spiro atoms. The number of hydrogen-bond acceptors (Lipinski definition) is 2. The summed E-state index contributed by atoms with van der Waals surface area (Å²) in [5.41, 5.74) is 6.25. The maximum absolute atomic E-state index is 12.0. The van der Waals surface area contributed by atoms with Crippen molar-refractivity contribution in [2.45, 2.75) is 6.92 Å². The first-order valence-corrected chi connectivity index (χ1v) is 6.98. The van der Waals surface area contributed by atoms with Gasteiger partial charge in [-0.05, 0) is 24.4 Å². The molecule has 2 rings (SSSR count). The largest absolute Gasteiger partial charge is 0.393 e. The first kappa shape index (κ1) is 14.0. The maximum Gasteiger partial charge on any atom is 0.234 e. The number of fused-ring (bicyclic) bond motifs is 1. The Hall–Kier alpha value is -1.46. The van der Waals surface area contributed by atoms with Crippen LogP contribution in [0.25, 0.3) is 10.8 Å². The van der Waals surface area contributed by atoms with Crippen LogP contribution in [0, 0.1) is 5.92 Å². The highest BCUT2D eigenvalue weighted by Gasteiger charge is 2.16. The van der Waals surface area contributed by atoms with Gasteiger partial charge in [0.1, 0.15) is 0 Å². The molecule has 0 saturated heterocycles. The summed E-state index contributed by atoms with van der Waals surface area (Å²) in [6.45, 7) is 1.69. The van der Waals surface area contributed by atoms with Crippen LogP contribution in [0.15, 0.2) is 40.9 Å². The molecular weight excluding hydrogens is 324 g/mol. The summed E-state index contributed by atoms with van der Waals surface area (Å²) >= 11 is 8.33. The molecule has 0 aliphatic rings. The Kier molecular flexibility index (Phi) is 4.17. The average Bonchev–Trinajstić information content (AvgIpc) is 2.41. The lowest BCUT2D eigenvalue weighted by Gasteiger charge is -2.13. The number of carbonyl (C=O) groups excluding carboxylic acids is 1. The summed E-state index contributed by atoms with van der Waals surface area (Å²) < 4.78 is 0.989. The van der Waals surface area contributed by atoms with Crippen molar-refractivity contribution in [1.82, 2.24) is 0 Å². The molecule has 2 aromatic carbocycles. The van der Waals surface area contributed by atoms with E-state index in [9.17, 15) is 4.79 Å². The molecule has 3 nitrogen and oxygen atoms in total. The number of thiocarbonyl (C=S) groups is 1. The SMILES string of the molecule is CC(C(=O)Nc1ccc(Br)c2ccccc12)C(N)=S. The van der Waals surface area contributed by atoms with Crippen LogP contribution < -0.4 is 11.1 Å². The Morgan fingerprint density at radius 1 is 1.26 bits per heavy atom. The predicted octanol–water partition coefficient (Wildman–Crippen LogP) is 3.46. The molecule has 0 heterocycles. The van der Waals surface area contributed by atoms with Crippen molar-refractivity contribution in [2.75, 3.05) is 5.32 Å². The Balaban J connectivity index is 2.39. The molecule has 0 saturated carbocycles. The second-order valence-corrected chi connectivity index (χ2v) is 5.58. The smallest absolute Gasteiger partial charge is 0.234 e. The van der Waals surface area contributed by atoms with Crippen LogP contribution in [0.4, 0.5) is 5.69 Å². The summed E-state index contributed by atoms with van der Waals surface area (Å²) in [7, 11) is 0. The summed E-state index contributed by atoms with van der Waals surface area (Å²) in [6.07, 6.45) is 0. The fourth-order valence-corrected chi connectivity index (χ4v) is 2.33. The van der Waals surface area contributed by atoms with Gasteiger partial charge in [-0.1, -0.05) is 52.4 Å². The number of anilines is 1. The molecule has 5 heteroatoms. The Morgan fingerprint density at radius 3 is 2.53 bits per heavy atom. The van der Waals surface area contributed by atoms with E-state index in [1.807, 2.05) is 36.4 Å². The minimum absolute atomic E-state index is 0.193. The van der Waals surface area contributed by atoms with Crippen molar-refractivity contribution in [3.8, 4) is 0 Å². The number of nitrogens with two attached hydrogens (primary N) is 1. The minimum atomic E-state index is -0.489. The molecular formula is C14H13BrN2OS. The van der Waals surface area contributed by atoms with Gasteiger partial charge in [0, 0.05) is 15.5 Å². The molecule has 0 aliphatic heterocycles. The zero-order valence-electron chi connectivity index (χ0n) is 10.3. The van der Waals surface area contributed by atoms with Crippen molar-refractivity contribution < 1.29 is 4.79 Å². The van der Waals surface area contributed by atoms with Gasteiger partial charge in [0.25, 0.3) is 0 Å². The van der Waals surface area contributed by atoms with Crippen LogP contribution in [0.5, 0.6) is 0 Å². The Labute approximate surface area is 125 Å².